The first kappa shape index (κ1) is 19.1. The predicted molar refractivity (Wildman–Crippen MR) is 109 cm³/mol. The van der Waals surface area contributed by atoms with E-state index in [1.165, 1.54) is 28.8 Å². The maximum absolute atomic E-state index is 12.9. The number of thiocarbonyl (C=S) groups is 1. The van der Waals surface area contributed by atoms with Gasteiger partial charge in [0.1, 0.15) is 5.75 Å². The summed E-state index contributed by atoms with van der Waals surface area (Å²) < 4.78 is 5.77. The van der Waals surface area contributed by atoms with Gasteiger partial charge in [-0.15, -0.1) is 0 Å². The number of hydrogen-bond donors (Lipinski definition) is 0. The molecule has 7 heteroatoms. The monoisotopic (exact) mass is 398 g/mol. The van der Waals surface area contributed by atoms with Crippen LogP contribution < -0.4 is 14.7 Å². The Bertz CT molecular complexity index is 951. The number of carbonyl (C=O) groups excluding carboxylic acids is 2. The van der Waals surface area contributed by atoms with E-state index in [2.05, 4.69) is 0 Å². The summed E-state index contributed by atoms with van der Waals surface area (Å²) in [6.45, 7) is 4.29. The van der Waals surface area contributed by atoms with Crippen molar-refractivity contribution in [2.24, 2.45) is 0 Å². The van der Waals surface area contributed by atoms with Crippen LogP contribution in [0.2, 0.25) is 0 Å². The van der Waals surface area contributed by atoms with Crippen molar-refractivity contribution in [3.05, 3.63) is 64.1 Å². The number of rotatable bonds is 5. The van der Waals surface area contributed by atoms with E-state index < -0.39 is 5.97 Å². The summed E-state index contributed by atoms with van der Waals surface area (Å²) >= 11 is 6.54. The van der Waals surface area contributed by atoms with Crippen LogP contribution in [-0.2, 0) is 4.79 Å². The standard InChI is InChI=1S/C20H17NO4S2/c1-3-25-15-8-5-13(6-9-15)10-17-18(22)21(20(26)27-17)16-11-14(19(23)24)7-4-12(16)2/h4-11H,3H2,1-2H3,(H,23,24)/p-1/b17-10-. The van der Waals surface area contributed by atoms with Crippen molar-refractivity contribution in [2.45, 2.75) is 13.8 Å². The Morgan fingerprint density at radius 1 is 1.26 bits per heavy atom. The van der Waals surface area contributed by atoms with Crippen LogP contribution in [0.5, 0.6) is 5.75 Å². The number of hydrogen-bond acceptors (Lipinski definition) is 6. The lowest BCUT2D eigenvalue weighted by molar-refractivity contribution is -0.255. The Hall–Kier alpha value is -2.64. The fourth-order valence-corrected chi connectivity index (χ4v) is 3.92. The lowest BCUT2D eigenvalue weighted by Crippen LogP contribution is -2.29. The first-order valence-electron chi connectivity index (χ1n) is 8.23. The van der Waals surface area contributed by atoms with E-state index in [9.17, 15) is 14.7 Å². The molecule has 1 fully saturated rings. The molecule has 0 aromatic heterocycles. The van der Waals surface area contributed by atoms with Crippen LogP contribution in [0.1, 0.15) is 28.4 Å². The predicted octanol–water partition coefficient (Wildman–Crippen LogP) is 3.16. The third-order valence-corrected chi connectivity index (χ3v) is 5.27. The Morgan fingerprint density at radius 2 is 1.96 bits per heavy atom. The molecule has 0 unspecified atom stereocenters. The molecule has 0 spiro atoms. The van der Waals surface area contributed by atoms with Crippen LogP contribution in [0.25, 0.3) is 6.08 Å². The van der Waals surface area contributed by atoms with Crippen LogP contribution >= 0.6 is 24.0 Å². The fourth-order valence-electron chi connectivity index (χ4n) is 2.63. The second kappa shape index (κ2) is 7.94. The number of aryl methyl sites for hydroxylation is 1. The second-order valence-corrected chi connectivity index (χ2v) is 7.48. The molecular formula is C20H16NO4S2-. The molecule has 1 saturated heterocycles. The van der Waals surface area contributed by atoms with Gasteiger partial charge in [0.25, 0.3) is 5.91 Å². The van der Waals surface area contributed by atoms with Gasteiger partial charge in [0.2, 0.25) is 0 Å². The first-order valence-corrected chi connectivity index (χ1v) is 9.46. The maximum atomic E-state index is 12.9. The molecule has 2 aromatic rings. The summed E-state index contributed by atoms with van der Waals surface area (Å²) in [5.74, 6) is -0.818. The van der Waals surface area contributed by atoms with Crippen molar-refractivity contribution in [1.82, 2.24) is 0 Å². The zero-order valence-electron chi connectivity index (χ0n) is 14.7. The minimum atomic E-state index is -1.30. The number of anilines is 1. The van der Waals surface area contributed by atoms with Gasteiger partial charge in [-0.25, -0.2) is 0 Å². The number of aromatic carboxylic acids is 1. The molecule has 0 N–H and O–H groups in total. The summed E-state index contributed by atoms with van der Waals surface area (Å²) in [5, 5.41) is 11.1. The van der Waals surface area contributed by atoms with Crippen molar-refractivity contribution in [3.63, 3.8) is 0 Å². The Kier molecular flexibility index (Phi) is 5.62. The Morgan fingerprint density at radius 3 is 2.59 bits per heavy atom. The zero-order chi connectivity index (χ0) is 19.6. The number of benzene rings is 2. The molecule has 0 radical (unpaired) electrons. The summed E-state index contributed by atoms with van der Waals surface area (Å²) in [6, 6.07) is 11.9. The summed E-state index contributed by atoms with van der Waals surface area (Å²) in [6.07, 6.45) is 1.76. The minimum absolute atomic E-state index is 0.000132. The molecule has 0 bridgehead atoms. The van der Waals surface area contributed by atoms with Gasteiger partial charge in [0, 0.05) is 0 Å². The molecule has 1 amide bonds. The third kappa shape index (κ3) is 4.04. The van der Waals surface area contributed by atoms with E-state index in [-0.39, 0.29) is 11.5 Å². The smallest absolute Gasteiger partial charge is 0.270 e. The summed E-state index contributed by atoms with van der Waals surface area (Å²) in [5.41, 5.74) is 2.05. The molecule has 5 nitrogen and oxygen atoms in total. The van der Waals surface area contributed by atoms with Crippen LogP contribution in [0, 0.1) is 6.92 Å². The van der Waals surface area contributed by atoms with Crippen LogP contribution in [0.15, 0.2) is 47.4 Å². The SMILES string of the molecule is CCOc1ccc(/C=C2\SC(=S)N(c3cc(C(=O)[O-])ccc3C)C2=O)cc1. The van der Waals surface area contributed by atoms with Gasteiger partial charge in [-0.2, -0.15) is 0 Å². The van der Waals surface area contributed by atoms with Crippen LogP contribution in [-0.4, -0.2) is 22.8 Å². The number of carboxylic acids is 1. The highest BCUT2D eigenvalue weighted by Crippen LogP contribution is 2.37. The lowest BCUT2D eigenvalue weighted by Gasteiger charge is -2.18. The van der Waals surface area contributed by atoms with Gasteiger partial charge in [-0.1, -0.05) is 48.2 Å². The van der Waals surface area contributed by atoms with Crippen molar-refractivity contribution in [2.75, 3.05) is 11.5 Å². The van der Waals surface area contributed by atoms with E-state index in [1.807, 2.05) is 31.2 Å². The summed E-state index contributed by atoms with van der Waals surface area (Å²) in [7, 11) is 0. The Labute approximate surface area is 166 Å². The summed E-state index contributed by atoms with van der Waals surface area (Å²) in [4.78, 5) is 25.9. The molecule has 138 valence electrons. The highest BCUT2D eigenvalue weighted by atomic mass is 32.2. The third-order valence-electron chi connectivity index (χ3n) is 3.97. The molecule has 0 aliphatic carbocycles. The van der Waals surface area contributed by atoms with Gasteiger partial charge in [0.15, 0.2) is 4.32 Å². The van der Waals surface area contributed by atoms with Gasteiger partial charge < -0.3 is 14.6 Å². The average Bonchev–Trinajstić information content (AvgIpc) is 2.91. The van der Waals surface area contributed by atoms with Gasteiger partial charge >= 0.3 is 0 Å². The van der Waals surface area contributed by atoms with E-state index in [1.54, 1.807) is 19.1 Å². The molecule has 1 heterocycles. The lowest BCUT2D eigenvalue weighted by atomic mass is 10.1. The molecule has 3 rings (SSSR count). The van der Waals surface area contributed by atoms with Gasteiger partial charge in [0.05, 0.1) is 23.2 Å². The highest BCUT2D eigenvalue weighted by Gasteiger charge is 2.34. The molecule has 0 atom stereocenters. The Balaban J connectivity index is 1.91. The molecule has 2 aromatic carbocycles. The minimum Gasteiger partial charge on any atom is -0.545 e. The van der Waals surface area contributed by atoms with Crippen molar-refractivity contribution in [1.29, 1.82) is 0 Å². The van der Waals surface area contributed by atoms with Crippen molar-refractivity contribution >= 4 is 51.9 Å². The quantitative estimate of drug-likeness (QED) is 0.569. The molecule has 1 aliphatic rings. The number of carboxylic acid groups (broad SMARTS) is 1. The fraction of sp³-hybridized carbons (Fsp3) is 0.150. The van der Waals surface area contributed by atoms with E-state index in [0.29, 0.717) is 21.5 Å². The maximum Gasteiger partial charge on any atom is 0.270 e. The van der Waals surface area contributed by atoms with E-state index in [0.717, 1.165) is 16.9 Å². The highest BCUT2D eigenvalue weighted by molar-refractivity contribution is 8.27. The second-order valence-electron chi connectivity index (χ2n) is 5.81. The average molecular weight is 398 g/mol. The molecule has 1 aliphatic heterocycles. The van der Waals surface area contributed by atoms with Gasteiger partial charge in [-0.05, 0) is 54.8 Å². The normalized spacial score (nSPS) is 15.5. The van der Waals surface area contributed by atoms with E-state index >= 15 is 0 Å². The zero-order valence-corrected chi connectivity index (χ0v) is 16.4. The molecular weight excluding hydrogens is 382 g/mol. The number of carbonyl (C=O) groups is 2. The number of nitrogens with zero attached hydrogens (tertiary/aromatic N) is 1. The van der Waals surface area contributed by atoms with E-state index in [4.69, 9.17) is 17.0 Å². The van der Waals surface area contributed by atoms with Crippen LogP contribution in [0.4, 0.5) is 5.69 Å². The van der Waals surface area contributed by atoms with Crippen molar-refractivity contribution < 1.29 is 19.4 Å². The molecule has 27 heavy (non-hydrogen) atoms. The van der Waals surface area contributed by atoms with Crippen molar-refractivity contribution in [3.8, 4) is 5.75 Å². The molecule has 0 saturated carbocycles. The first-order chi connectivity index (χ1) is 12.9. The number of amides is 1. The van der Waals surface area contributed by atoms with Gasteiger partial charge in [-0.3, -0.25) is 9.69 Å². The number of thioether (sulfide) groups is 1. The largest absolute Gasteiger partial charge is 0.545 e. The van der Waals surface area contributed by atoms with Crippen LogP contribution in [0.3, 0.4) is 0 Å². The topological polar surface area (TPSA) is 69.7 Å². The number of ether oxygens (including phenoxy) is 1.